The molecule has 4 aliphatic rings. The molecule has 3 N–H and O–H groups in total. The molecule has 2 aromatic heterocycles. The van der Waals surface area contributed by atoms with E-state index in [9.17, 15) is 24.3 Å². The van der Waals surface area contributed by atoms with Crippen LogP contribution in [-0.2, 0) is 27.4 Å². The number of nitrogens with zero attached hydrogens (tertiary/aromatic N) is 6. The molecule has 4 amide bonds. The third kappa shape index (κ3) is 11.9. The van der Waals surface area contributed by atoms with Crippen molar-refractivity contribution in [3.8, 4) is 22.5 Å². The van der Waals surface area contributed by atoms with Crippen molar-refractivity contribution in [1.82, 2.24) is 40.0 Å². The van der Waals surface area contributed by atoms with Gasteiger partial charge in [0.25, 0.3) is 0 Å². The zero-order chi connectivity index (χ0) is 46.2. The Morgan fingerprint density at radius 1 is 0.652 bits per heavy atom. The number of hydrogen-bond donors (Lipinski definition) is 3. The van der Waals surface area contributed by atoms with Gasteiger partial charge in [-0.25, -0.2) is 9.59 Å². The molecule has 0 radical (unpaired) electrons. The monoisotopic (exact) mass is 938 g/mol. The van der Waals surface area contributed by atoms with Crippen molar-refractivity contribution in [1.29, 1.82) is 0 Å². The molecule has 8 rings (SSSR count). The van der Waals surface area contributed by atoms with E-state index in [2.05, 4.69) is 22.8 Å². The number of fused-ring (bicyclic) bond motifs is 2. The fourth-order valence-electron chi connectivity index (χ4n) is 10.4. The number of nitrogens with one attached hydrogen (secondary N) is 2. The summed E-state index contributed by atoms with van der Waals surface area (Å²) >= 11 is 0. The second-order valence-corrected chi connectivity index (χ2v) is 22.0. The Hall–Kier alpha value is -4.96. The van der Waals surface area contributed by atoms with Crippen molar-refractivity contribution in [2.24, 2.45) is 11.8 Å². The molecule has 2 aliphatic heterocycles. The maximum atomic E-state index is 15.0. The third-order valence-corrected chi connectivity index (χ3v) is 16.0. The van der Waals surface area contributed by atoms with Gasteiger partial charge in [-0.2, -0.15) is 10.2 Å². The molecule has 66 heavy (non-hydrogen) atoms. The number of benzene rings is 2. The van der Waals surface area contributed by atoms with E-state index < -0.39 is 29.9 Å². The van der Waals surface area contributed by atoms with Gasteiger partial charge in [-0.15, -0.1) is 0 Å². The predicted molar refractivity (Wildman–Crippen MR) is 260 cm³/mol. The first-order valence-electron chi connectivity index (χ1n) is 24.0. The lowest BCUT2D eigenvalue weighted by Crippen LogP contribution is -2.54. The minimum atomic E-state index is -1.28. The SMILES string of the molecule is CC(C)(C)OC(=O)N[C@@H](CSSC[C@H](NC(=O)O)C(=O)N1CCn2nc(-c3ccccc3)cc2C1CC1CCCCC1)C(=O)N1CCn2nc(-c3ccccc3)cc2C1CC1CCCCC1. The summed E-state index contributed by atoms with van der Waals surface area (Å²) in [6.07, 6.45) is 11.2. The van der Waals surface area contributed by atoms with Crippen molar-refractivity contribution in [3.63, 3.8) is 0 Å². The number of hydrogen-bond acceptors (Lipinski definition) is 9. The highest BCUT2D eigenvalue weighted by atomic mass is 33.1. The molecule has 2 unspecified atom stereocenters. The van der Waals surface area contributed by atoms with Gasteiger partial charge in [0, 0.05) is 35.7 Å². The van der Waals surface area contributed by atoms with E-state index in [0.717, 1.165) is 72.4 Å². The number of rotatable bonds is 15. The molecule has 0 bridgehead atoms. The summed E-state index contributed by atoms with van der Waals surface area (Å²) in [6, 6.07) is 21.9. The second kappa shape index (κ2) is 21.8. The maximum absolute atomic E-state index is 15.0. The Morgan fingerprint density at radius 3 is 1.48 bits per heavy atom. The van der Waals surface area contributed by atoms with Crippen LogP contribution in [-0.4, -0.2) is 101 Å². The number of carbonyl (C=O) groups is 4. The summed E-state index contributed by atoms with van der Waals surface area (Å²) in [5, 5.41) is 25.5. The second-order valence-electron chi connectivity index (χ2n) is 19.4. The minimum absolute atomic E-state index is 0.125. The summed E-state index contributed by atoms with van der Waals surface area (Å²) < 4.78 is 9.75. The Morgan fingerprint density at radius 2 is 1.08 bits per heavy atom. The largest absolute Gasteiger partial charge is 0.465 e. The minimum Gasteiger partial charge on any atom is -0.465 e. The van der Waals surface area contributed by atoms with E-state index in [0.29, 0.717) is 38.0 Å². The first-order chi connectivity index (χ1) is 31.9. The van der Waals surface area contributed by atoms with Crippen molar-refractivity contribution in [2.45, 2.75) is 141 Å². The van der Waals surface area contributed by atoms with Crippen molar-refractivity contribution in [3.05, 3.63) is 84.2 Å². The molecular formula is C50H66N8O6S2. The summed E-state index contributed by atoms with van der Waals surface area (Å²) in [6.45, 7) is 7.23. The van der Waals surface area contributed by atoms with Crippen LogP contribution in [0.1, 0.15) is 121 Å². The molecule has 354 valence electrons. The molecule has 0 spiro atoms. The van der Waals surface area contributed by atoms with Crippen LogP contribution in [0.2, 0.25) is 0 Å². The fourth-order valence-corrected chi connectivity index (χ4v) is 12.7. The molecule has 4 atom stereocenters. The summed E-state index contributed by atoms with van der Waals surface area (Å²) in [7, 11) is 2.66. The quantitative estimate of drug-likeness (QED) is 0.0773. The molecule has 2 fully saturated rings. The molecule has 2 aromatic carbocycles. The van der Waals surface area contributed by atoms with Gasteiger partial charge in [0.2, 0.25) is 11.8 Å². The predicted octanol–water partition coefficient (Wildman–Crippen LogP) is 9.73. The number of ether oxygens (including phenoxy) is 1. The molecule has 16 heteroatoms. The highest BCUT2D eigenvalue weighted by Gasteiger charge is 2.40. The standard InChI is InChI=1S/C50H66N8O6S2/c1-50(2,3)64-49(63)52-41(47(60)56-25-27-58-45(43(56)29-35-18-10-5-11-19-35)31-39(54-58)37-22-14-7-15-23-37)33-66-65-32-40(51-48(61)62)46(59)55-24-26-57-44(42(55)28-34-16-8-4-9-17-34)30-38(53-57)36-20-12-6-13-21-36/h6-7,12-15,20-23,30-31,34-35,40-43,51H,4-5,8-11,16-19,24-29,32-33H2,1-3H3,(H,52,63)(H,61,62)/t40-,41-,42?,43?/m0/s1. The van der Waals surface area contributed by atoms with Crippen molar-refractivity contribution < 1.29 is 29.0 Å². The highest BCUT2D eigenvalue weighted by molar-refractivity contribution is 8.76. The van der Waals surface area contributed by atoms with E-state index in [-0.39, 0.29) is 35.4 Å². The summed E-state index contributed by atoms with van der Waals surface area (Å²) in [4.78, 5) is 59.2. The number of aromatic nitrogens is 4. The summed E-state index contributed by atoms with van der Waals surface area (Å²) in [5.74, 6) is 0.743. The third-order valence-electron chi connectivity index (χ3n) is 13.6. The summed E-state index contributed by atoms with van der Waals surface area (Å²) in [5.41, 5.74) is 4.95. The van der Waals surface area contributed by atoms with Crippen LogP contribution in [0.25, 0.3) is 22.5 Å². The molecule has 4 heterocycles. The van der Waals surface area contributed by atoms with E-state index in [1.807, 2.05) is 79.8 Å². The number of amides is 4. The van der Waals surface area contributed by atoms with Gasteiger partial charge in [-0.05, 0) is 57.6 Å². The van der Waals surface area contributed by atoms with E-state index in [1.165, 1.54) is 60.1 Å². The van der Waals surface area contributed by atoms with E-state index >= 15 is 0 Å². The topological polar surface area (TPSA) is 164 Å². The average Bonchev–Trinajstić information content (AvgIpc) is 3.96. The first kappa shape index (κ1) is 47.5. The molecule has 0 saturated heterocycles. The van der Waals surface area contributed by atoms with Crippen LogP contribution in [0.3, 0.4) is 0 Å². The molecule has 14 nitrogen and oxygen atoms in total. The van der Waals surface area contributed by atoms with Crippen LogP contribution < -0.4 is 10.6 Å². The molecular weight excluding hydrogens is 873 g/mol. The maximum Gasteiger partial charge on any atom is 0.408 e. The number of carboxylic acid groups (broad SMARTS) is 1. The molecule has 4 aromatic rings. The lowest BCUT2D eigenvalue weighted by atomic mass is 9.83. The Kier molecular flexibility index (Phi) is 15.7. The van der Waals surface area contributed by atoms with Crippen molar-refractivity contribution >= 4 is 45.6 Å². The van der Waals surface area contributed by atoms with Crippen LogP contribution in [0, 0.1) is 11.8 Å². The highest BCUT2D eigenvalue weighted by Crippen LogP contribution is 2.41. The number of alkyl carbamates (subject to hydrolysis) is 1. The van der Waals surface area contributed by atoms with Gasteiger partial charge >= 0.3 is 12.2 Å². The van der Waals surface area contributed by atoms with Gasteiger partial charge in [0.1, 0.15) is 17.7 Å². The van der Waals surface area contributed by atoms with Crippen LogP contribution in [0.15, 0.2) is 72.8 Å². The van der Waals surface area contributed by atoms with E-state index in [4.69, 9.17) is 14.9 Å². The van der Waals surface area contributed by atoms with Crippen LogP contribution in [0.4, 0.5) is 9.59 Å². The van der Waals surface area contributed by atoms with Crippen LogP contribution in [0.5, 0.6) is 0 Å². The van der Waals surface area contributed by atoms with Gasteiger partial charge in [0.15, 0.2) is 0 Å². The normalized spacial score (nSPS) is 20.2. The van der Waals surface area contributed by atoms with Crippen molar-refractivity contribution in [2.75, 3.05) is 24.6 Å². The Labute approximate surface area is 396 Å². The van der Waals surface area contributed by atoms with Crippen LogP contribution >= 0.6 is 21.6 Å². The van der Waals surface area contributed by atoms with Gasteiger partial charge in [-0.3, -0.25) is 19.0 Å². The lowest BCUT2D eigenvalue weighted by molar-refractivity contribution is -0.137. The van der Waals surface area contributed by atoms with Gasteiger partial charge < -0.3 is 30.3 Å². The zero-order valence-corrected chi connectivity index (χ0v) is 40.2. The van der Waals surface area contributed by atoms with Gasteiger partial charge in [0.05, 0.1) is 47.9 Å². The molecule has 2 aliphatic carbocycles. The zero-order valence-electron chi connectivity index (χ0n) is 38.6. The van der Waals surface area contributed by atoms with Gasteiger partial charge in [-0.1, -0.05) is 146 Å². The lowest BCUT2D eigenvalue weighted by Gasteiger charge is -2.40. The van der Waals surface area contributed by atoms with E-state index in [1.54, 1.807) is 20.8 Å². The Bertz CT molecular complexity index is 2270. The Balaban J connectivity index is 0.997. The fraction of sp³-hybridized carbons (Fsp3) is 0.560. The first-order valence-corrected chi connectivity index (χ1v) is 26.5. The average molecular weight is 939 g/mol. The molecule has 2 saturated carbocycles. The smallest absolute Gasteiger partial charge is 0.408 e. The number of carbonyl (C=O) groups excluding carboxylic acids is 3.